The molecule has 158 valence electrons. The number of carbonyl (C=O) groups is 1. The summed E-state index contributed by atoms with van der Waals surface area (Å²) in [5, 5.41) is 4.13. The normalized spacial score (nSPS) is 16.2. The van der Waals surface area contributed by atoms with Gasteiger partial charge in [0.2, 0.25) is 11.8 Å². The van der Waals surface area contributed by atoms with Crippen molar-refractivity contribution in [1.29, 1.82) is 0 Å². The predicted octanol–water partition coefficient (Wildman–Crippen LogP) is 3.92. The number of carbonyl (C=O) groups excluding carboxylic acids is 1. The Morgan fingerprint density at radius 2 is 2.03 bits per heavy atom. The fraction of sp³-hybridized carbons (Fsp3) is 0.591. The van der Waals surface area contributed by atoms with Gasteiger partial charge in [-0.3, -0.25) is 4.79 Å². The van der Waals surface area contributed by atoms with Crippen LogP contribution in [0.25, 0.3) is 0 Å². The van der Waals surface area contributed by atoms with E-state index in [1.807, 2.05) is 19.1 Å². The minimum Gasteiger partial charge on any atom is -0.494 e. The molecule has 2 N–H and O–H groups in total. The van der Waals surface area contributed by atoms with Crippen LogP contribution in [0, 0.1) is 18.8 Å². The zero-order valence-electron chi connectivity index (χ0n) is 17.9. The Morgan fingerprint density at radius 1 is 1.31 bits per heavy atom. The fourth-order valence-electron chi connectivity index (χ4n) is 3.86. The number of amides is 1. The maximum Gasteiger partial charge on any atom is 0.266 e. The third-order valence-electron chi connectivity index (χ3n) is 5.86. The average molecular weight is 401 g/mol. The number of hydrogen-bond donors (Lipinski definition) is 1. The lowest BCUT2D eigenvalue weighted by Gasteiger charge is -2.34. The van der Waals surface area contributed by atoms with Crippen molar-refractivity contribution in [2.75, 3.05) is 24.6 Å². The number of ether oxygens (including phenoxy) is 1. The smallest absolute Gasteiger partial charge is 0.266 e. The topological polar surface area (TPSA) is 94.5 Å². The van der Waals surface area contributed by atoms with Crippen LogP contribution in [0.15, 0.2) is 22.7 Å². The molecule has 0 saturated carbocycles. The second-order valence-corrected chi connectivity index (χ2v) is 8.37. The molecule has 0 bridgehead atoms. The first-order valence-electron chi connectivity index (χ1n) is 10.5. The molecule has 0 unspecified atom stereocenters. The fourth-order valence-corrected chi connectivity index (χ4v) is 3.86. The summed E-state index contributed by atoms with van der Waals surface area (Å²) in [6.45, 7) is 10.9. The first kappa shape index (κ1) is 21.1. The summed E-state index contributed by atoms with van der Waals surface area (Å²) in [5.41, 5.74) is 6.74. The highest BCUT2D eigenvalue weighted by molar-refractivity contribution is 5.94. The van der Waals surface area contributed by atoms with Crippen molar-refractivity contribution in [2.45, 2.75) is 52.9 Å². The van der Waals surface area contributed by atoms with E-state index < -0.39 is 5.91 Å². The number of nitrogens with zero attached hydrogens (tertiary/aromatic N) is 3. The number of aromatic nitrogens is 2. The van der Waals surface area contributed by atoms with E-state index >= 15 is 0 Å². The van der Waals surface area contributed by atoms with E-state index in [4.69, 9.17) is 15.0 Å². The van der Waals surface area contributed by atoms with Crippen molar-refractivity contribution in [3.63, 3.8) is 0 Å². The van der Waals surface area contributed by atoms with Gasteiger partial charge in [-0.05, 0) is 66.9 Å². The molecule has 0 spiro atoms. The van der Waals surface area contributed by atoms with Gasteiger partial charge < -0.3 is 19.9 Å². The Labute approximate surface area is 172 Å². The quantitative estimate of drug-likeness (QED) is 0.722. The number of anilines is 1. The lowest BCUT2D eigenvalue weighted by atomic mass is 9.84. The maximum absolute atomic E-state index is 11.3. The Balaban J connectivity index is 1.43. The van der Waals surface area contributed by atoms with Crippen molar-refractivity contribution in [2.24, 2.45) is 17.6 Å². The molecule has 2 heterocycles. The number of primary amides is 1. The molecular formula is C22H32N4O3. The molecule has 1 aromatic carbocycles. The maximum atomic E-state index is 11.3. The largest absolute Gasteiger partial charge is 0.494 e. The highest BCUT2D eigenvalue weighted by Crippen LogP contribution is 2.29. The molecule has 1 atom stereocenters. The summed E-state index contributed by atoms with van der Waals surface area (Å²) in [4.78, 5) is 18.1. The van der Waals surface area contributed by atoms with Gasteiger partial charge in [-0.25, -0.2) is 0 Å². The van der Waals surface area contributed by atoms with E-state index in [0.717, 1.165) is 49.6 Å². The molecule has 1 aliphatic heterocycles. The summed E-state index contributed by atoms with van der Waals surface area (Å²) in [6.07, 6.45) is 3.25. The van der Waals surface area contributed by atoms with E-state index in [1.165, 1.54) is 0 Å². The van der Waals surface area contributed by atoms with Crippen LogP contribution in [0.1, 0.15) is 67.8 Å². The molecule has 1 amide bonds. The van der Waals surface area contributed by atoms with Gasteiger partial charge in [0.1, 0.15) is 5.75 Å². The van der Waals surface area contributed by atoms with Gasteiger partial charge in [0, 0.05) is 24.6 Å². The highest BCUT2D eigenvalue weighted by atomic mass is 16.5. The zero-order valence-corrected chi connectivity index (χ0v) is 17.9. The summed E-state index contributed by atoms with van der Waals surface area (Å²) in [6, 6.07) is 5.42. The first-order chi connectivity index (χ1) is 13.8. The van der Waals surface area contributed by atoms with Gasteiger partial charge in [0.05, 0.1) is 6.61 Å². The Bertz CT molecular complexity index is 825. The van der Waals surface area contributed by atoms with Gasteiger partial charge in [-0.1, -0.05) is 20.8 Å². The summed E-state index contributed by atoms with van der Waals surface area (Å²) in [5.74, 6) is 3.31. The third kappa shape index (κ3) is 5.28. The Kier molecular flexibility index (Phi) is 6.77. The van der Waals surface area contributed by atoms with Crippen LogP contribution in [0.4, 0.5) is 5.95 Å². The number of rotatable bonds is 8. The minimum absolute atomic E-state index is 0.254. The summed E-state index contributed by atoms with van der Waals surface area (Å²) >= 11 is 0. The Hall–Kier alpha value is -2.57. The van der Waals surface area contributed by atoms with Crippen LogP contribution in [-0.2, 0) is 0 Å². The molecule has 1 aromatic heterocycles. The molecule has 29 heavy (non-hydrogen) atoms. The number of nitrogens with two attached hydrogens (primary N) is 1. The average Bonchev–Trinajstić information content (AvgIpc) is 3.18. The van der Waals surface area contributed by atoms with Gasteiger partial charge in [0.15, 0.2) is 0 Å². The highest BCUT2D eigenvalue weighted by Gasteiger charge is 2.26. The van der Waals surface area contributed by atoms with Crippen molar-refractivity contribution in [3.8, 4) is 5.75 Å². The molecule has 1 fully saturated rings. The first-order valence-corrected chi connectivity index (χ1v) is 10.5. The molecule has 0 radical (unpaired) electrons. The number of piperidine rings is 1. The van der Waals surface area contributed by atoms with Crippen LogP contribution in [0.5, 0.6) is 5.75 Å². The van der Waals surface area contributed by atoms with Crippen LogP contribution in [0.2, 0.25) is 0 Å². The molecule has 1 saturated heterocycles. The zero-order chi connectivity index (χ0) is 21.0. The van der Waals surface area contributed by atoms with E-state index in [9.17, 15) is 4.79 Å². The van der Waals surface area contributed by atoms with Crippen molar-refractivity contribution in [3.05, 3.63) is 35.2 Å². The summed E-state index contributed by atoms with van der Waals surface area (Å²) in [7, 11) is 0. The third-order valence-corrected chi connectivity index (χ3v) is 5.86. The van der Waals surface area contributed by atoms with Gasteiger partial charge in [0.25, 0.3) is 5.95 Å². The second kappa shape index (κ2) is 9.29. The lowest BCUT2D eigenvalue weighted by molar-refractivity contribution is 0.0999. The molecule has 7 heteroatoms. The predicted molar refractivity (Wildman–Crippen MR) is 112 cm³/mol. The van der Waals surface area contributed by atoms with Crippen LogP contribution in [0.3, 0.4) is 0 Å². The molecule has 7 nitrogen and oxygen atoms in total. The summed E-state index contributed by atoms with van der Waals surface area (Å²) < 4.78 is 11.2. The van der Waals surface area contributed by atoms with Gasteiger partial charge in [-0.15, -0.1) is 0 Å². The van der Waals surface area contributed by atoms with Crippen molar-refractivity contribution < 1.29 is 14.1 Å². The van der Waals surface area contributed by atoms with E-state index in [1.54, 1.807) is 6.07 Å². The SMILES string of the molecule is Cc1cc(OCC[C@H](C)C2CCN(c3noc(C(C)C)n3)CC2)ccc1C(N)=O. The number of benzene rings is 1. The van der Waals surface area contributed by atoms with E-state index in [-0.39, 0.29) is 5.92 Å². The molecule has 1 aliphatic rings. The van der Waals surface area contributed by atoms with Gasteiger partial charge in [-0.2, -0.15) is 4.98 Å². The molecule has 3 rings (SSSR count). The standard InChI is InChI=1S/C22H32N4O3/c1-14(2)21-24-22(25-29-21)26-10-7-17(8-11-26)15(3)9-12-28-18-5-6-19(20(23)27)16(4)13-18/h5-6,13-15,17H,7-12H2,1-4H3,(H2,23,27)/t15-/m0/s1. The Morgan fingerprint density at radius 3 is 2.62 bits per heavy atom. The van der Waals surface area contributed by atoms with Crippen LogP contribution < -0.4 is 15.4 Å². The van der Waals surface area contributed by atoms with Gasteiger partial charge >= 0.3 is 0 Å². The van der Waals surface area contributed by atoms with Crippen molar-refractivity contribution in [1.82, 2.24) is 10.1 Å². The number of hydrogen-bond acceptors (Lipinski definition) is 6. The second-order valence-electron chi connectivity index (χ2n) is 8.37. The lowest BCUT2D eigenvalue weighted by Crippen LogP contribution is -2.36. The van der Waals surface area contributed by atoms with Crippen LogP contribution in [-0.4, -0.2) is 35.7 Å². The molecular weight excluding hydrogens is 368 g/mol. The molecule has 0 aliphatic carbocycles. The van der Waals surface area contributed by atoms with E-state index in [2.05, 4.69) is 35.8 Å². The molecule has 2 aromatic rings. The van der Waals surface area contributed by atoms with Crippen LogP contribution >= 0.6 is 0 Å². The monoisotopic (exact) mass is 400 g/mol. The minimum atomic E-state index is -0.407. The van der Waals surface area contributed by atoms with Crippen molar-refractivity contribution >= 4 is 11.9 Å². The van der Waals surface area contributed by atoms with E-state index in [0.29, 0.717) is 29.9 Å². The number of aryl methyl sites for hydroxylation is 1.